The molecule has 0 radical (unpaired) electrons. The molecule has 1 rings (SSSR count). The Balaban J connectivity index is 3.04. The molecule has 13 heavy (non-hydrogen) atoms. The molecule has 0 saturated heterocycles. The molecule has 0 aliphatic carbocycles. The molecule has 70 valence electrons. The van der Waals surface area contributed by atoms with Crippen LogP contribution in [0.3, 0.4) is 0 Å². The van der Waals surface area contributed by atoms with E-state index in [1.54, 1.807) is 25.1 Å². The molecule has 1 nitrogen and oxygen atoms in total. The molecule has 4 heteroatoms. The summed E-state index contributed by atoms with van der Waals surface area (Å²) in [5.74, 6) is -0.0981. The molecule has 0 amide bonds. The summed E-state index contributed by atoms with van der Waals surface area (Å²) in [6, 6.07) is 5.00. The lowest BCUT2D eigenvalue weighted by Gasteiger charge is -2.03. The van der Waals surface area contributed by atoms with E-state index in [1.165, 1.54) is 0 Å². The Hall–Kier alpha value is -0.0500. The number of halogens is 3. The molecular formula is C9H7BrCl2O. The number of benzene rings is 1. The van der Waals surface area contributed by atoms with E-state index in [0.717, 1.165) is 0 Å². The molecule has 0 aromatic heterocycles. The number of hydrogen-bond acceptors (Lipinski definition) is 1. The quantitative estimate of drug-likeness (QED) is 0.593. The summed E-state index contributed by atoms with van der Waals surface area (Å²) in [7, 11) is 0. The van der Waals surface area contributed by atoms with Gasteiger partial charge in [-0.1, -0.05) is 11.6 Å². The number of hydrogen-bond donors (Lipinski definition) is 0. The summed E-state index contributed by atoms with van der Waals surface area (Å²) in [5, 5.41) is 0.0758. The van der Waals surface area contributed by atoms with Gasteiger partial charge < -0.3 is 0 Å². The fourth-order valence-electron chi connectivity index (χ4n) is 0.879. The van der Waals surface area contributed by atoms with Gasteiger partial charge in [0, 0.05) is 10.0 Å². The van der Waals surface area contributed by atoms with Crippen LogP contribution < -0.4 is 0 Å². The van der Waals surface area contributed by atoms with Gasteiger partial charge in [-0.15, -0.1) is 11.6 Å². The Morgan fingerprint density at radius 3 is 2.62 bits per heavy atom. The number of carbonyl (C=O) groups is 1. The van der Waals surface area contributed by atoms with Crippen molar-refractivity contribution in [3.63, 3.8) is 0 Å². The first-order chi connectivity index (χ1) is 6.02. The van der Waals surface area contributed by atoms with Crippen LogP contribution in [0.15, 0.2) is 22.7 Å². The van der Waals surface area contributed by atoms with E-state index in [1.807, 2.05) is 0 Å². The lowest BCUT2D eigenvalue weighted by molar-refractivity contribution is 0.0991. The van der Waals surface area contributed by atoms with Gasteiger partial charge in [0.05, 0.1) is 10.4 Å². The molecule has 0 heterocycles. The molecule has 0 N–H and O–H groups in total. The Morgan fingerprint density at radius 2 is 2.15 bits per heavy atom. The SMILES string of the molecule is CC(Cl)C(=O)c1ccc(Cl)c(Br)c1. The molecule has 0 aliphatic heterocycles. The zero-order valence-electron chi connectivity index (χ0n) is 6.85. The van der Waals surface area contributed by atoms with Gasteiger partial charge in [-0.25, -0.2) is 0 Å². The van der Waals surface area contributed by atoms with Gasteiger partial charge in [0.25, 0.3) is 0 Å². The monoisotopic (exact) mass is 280 g/mol. The first-order valence-corrected chi connectivity index (χ1v) is 5.26. The third-order valence-electron chi connectivity index (χ3n) is 1.57. The summed E-state index contributed by atoms with van der Waals surface area (Å²) in [6.45, 7) is 1.65. The van der Waals surface area contributed by atoms with Crippen molar-refractivity contribution >= 4 is 44.9 Å². The summed E-state index contributed by atoms with van der Waals surface area (Å²) in [6.07, 6.45) is 0. The highest BCUT2D eigenvalue weighted by Crippen LogP contribution is 2.24. The zero-order chi connectivity index (χ0) is 10.0. The van der Waals surface area contributed by atoms with Crippen LogP contribution in [0.2, 0.25) is 5.02 Å². The average molecular weight is 282 g/mol. The van der Waals surface area contributed by atoms with Gasteiger partial charge in [0.15, 0.2) is 5.78 Å². The molecule has 0 aliphatic rings. The topological polar surface area (TPSA) is 17.1 Å². The Morgan fingerprint density at radius 1 is 1.54 bits per heavy atom. The second kappa shape index (κ2) is 4.45. The number of ketones is 1. The first-order valence-electron chi connectivity index (χ1n) is 3.65. The molecule has 0 spiro atoms. The van der Waals surface area contributed by atoms with Gasteiger partial charge in [-0.3, -0.25) is 4.79 Å². The van der Waals surface area contributed by atoms with Crippen LogP contribution in [-0.4, -0.2) is 11.2 Å². The van der Waals surface area contributed by atoms with Gasteiger partial charge in [0.1, 0.15) is 0 Å². The van der Waals surface area contributed by atoms with Crippen molar-refractivity contribution in [3.05, 3.63) is 33.3 Å². The minimum Gasteiger partial charge on any atom is -0.293 e. The average Bonchev–Trinajstić information content (AvgIpc) is 2.08. The van der Waals surface area contributed by atoms with Gasteiger partial charge in [-0.05, 0) is 41.1 Å². The molecule has 1 aromatic carbocycles. The molecule has 1 unspecified atom stereocenters. The van der Waals surface area contributed by atoms with Gasteiger partial charge in [0.2, 0.25) is 0 Å². The highest BCUT2D eigenvalue weighted by molar-refractivity contribution is 9.10. The number of rotatable bonds is 2. The smallest absolute Gasteiger partial charge is 0.180 e. The number of alkyl halides is 1. The third kappa shape index (κ3) is 2.70. The van der Waals surface area contributed by atoms with Crippen molar-refractivity contribution in [1.29, 1.82) is 0 Å². The van der Waals surface area contributed by atoms with Gasteiger partial charge in [-0.2, -0.15) is 0 Å². The second-order valence-electron chi connectivity index (χ2n) is 2.61. The minimum absolute atomic E-state index is 0.0981. The van der Waals surface area contributed by atoms with Gasteiger partial charge >= 0.3 is 0 Å². The van der Waals surface area contributed by atoms with Crippen LogP contribution in [0.25, 0.3) is 0 Å². The third-order valence-corrected chi connectivity index (χ3v) is 2.98. The van der Waals surface area contributed by atoms with Crippen molar-refractivity contribution in [2.45, 2.75) is 12.3 Å². The van der Waals surface area contributed by atoms with Crippen LogP contribution in [0.4, 0.5) is 0 Å². The standard InChI is InChI=1S/C9H7BrCl2O/c1-5(11)9(13)6-2-3-8(12)7(10)4-6/h2-5H,1H3. The van der Waals surface area contributed by atoms with Crippen molar-refractivity contribution < 1.29 is 4.79 Å². The van der Waals surface area contributed by atoms with E-state index in [-0.39, 0.29) is 5.78 Å². The molecule has 1 aromatic rings. The van der Waals surface area contributed by atoms with Crippen molar-refractivity contribution in [2.24, 2.45) is 0 Å². The van der Waals surface area contributed by atoms with Crippen LogP contribution in [-0.2, 0) is 0 Å². The van der Waals surface area contributed by atoms with Crippen LogP contribution in [0.5, 0.6) is 0 Å². The Bertz CT molecular complexity index is 336. The normalized spacial score (nSPS) is 12.6. The maximum atomic E-state index is 11.4. The van der Waals surface area contributed by atoms with Crippen molar-refractivity contribution in [2.75, 3.05) is 0 Å². The molecular weight excluding hydrogens is 275 g/mol. The van der Waals surface area contributed by atoms with E-state index in [4.69, 9.17) is 23.2 Å². The predicted octanol–water partition coefficient (Wildman–Crippen LogP) is 3.91. The fourth-order valence-corrected chi connectivity index (χ4v) is 1.50. The Labute approximate surface area is 95.2 Å². The number of carbonyl (C=O) groups excluding carboxylic acids is 1. The largest absolute Gasteiger partial charge is 0.293 e. The van der Waals surface area contributed by atoms with E-state index < -0.39 is 5.38 Å². The zero-order valence-corrected chi connectivity index (χ0v) is 9.95. The van der Waals surface area contributed by atoms with Crippen LogP contribution >= 0.6 is 39.1 Å². The van der Waals surface area contributed by atoms with E-state index in [0.29, 0.717) is 15.1 Å². The molecule has 0 bridgehead atoms. The van der Waals surface area contributed by atoms with Crippen LogP contribution in [0, 0.1) is 0 Å². The second-order valence-corrected chi connectivity index (χ2v) is 4.53. The van der Waals surface area contributed by atoms with E-state index in [9.17, 15) is 4.79 Å². The van der Waals surface area contributed by atoms with E-state index in [2.05, 4.69) is 15.9 Å². The summed E-state index contributed by atoms with van der Waals surface area (Å²) in [4.78, 5) is 11.4. The minimum atomic E-state index is -0.506. The Kier molecular flexibility index (Phi) is 3.77. The highest BCUT2D eigenvalue weighted by atomic mass is 79.9. The summed E-state index contributed by atoms with van der Waals surface area (Å²) in [5.41, 5.74) is 0.568. The lowest BCUT2D eigenvalue weighted by atomic mass is 10.1. The number of Topliss-reactive ketones (excluding diaryl/α,β-unsaturated/α-hetero) is 1. The maximum Gasteiger partial charge on any atom is 0.180 e. The maximum absolute atomic E-state index is 11.4. The summed E-state index contributed by atoms with van der Waals surface area (Å²) >= 11 is 14.7. The highest BCUT2D eigenvalue weighted by Gasteiger charge is 2.12. The van der Waals surface area contributed by atoms with Crippen molar-refractivity contribution in [1.82, 2.24) is 0 Å². The molecule has 1 atom stereocenters. The summed E-state index contributed by atoms with van der Waals surface area (Å²) < 4.78 is 0.706. The van der Waals surface area contributed by atoms with Crippen LogP contribution in [0.1, 0.15) is 17.3 Å². The molecule has 0 saturated carbocycles. The predicted molar refractivity (Wildman–Crippen MR) is 58.8 cm³/mol. The first kappa shape index (κ1) is 11.0. The lowest BCUT2D eigenvalue weighted by Crippen LogP contribution is -2.10. The molecule has 0 fully saturated rings. The van der Waals surface area contributed by atoms with E-state index >= 15 is 0 Å². The fraction of sp³-hybridized carbons (Fsp3) is 0.222. The van der Waals surface area contributed by atoms with Crippen molar-refractivity contribution in [3.8, 4) is 0 Å².